The van der Waals surface area contributed by atoms with Crippen LogP contribution in [0.1, 0.15) is 16.2 Å². The maximum absolute atomic E-state index is 12.6. The molecule has 7 heteroatoms. The Bertz CT molecular complexity index is 1320. The van der Waals surface area contributed by atoms with E-state index in [9.17, 15) is 15.0 Å². The molecule has 3 heterocycles. The quantitative estimate of drug-likeness (QED) is 0.424. The molecule has 2 bridgehead atoms. The van der Waals surface area contributed by atoms with Crippen molar-refractivity contribution in [2.45, 2.75) is 37.3 Å². The average molecular weight is 465 g/mol. The largest absolute Gasteiger partial charge is 0.489 e. The number of thiophene rings is 2. The lowest BCUT2D eigenvalue weighted by Gasteiger charge is -2.31. The number of aliphatic hydroxyl groups is 2. The highest BCUT2D eigenvalue weighted by molar-refractivity contribution is 7.19. The fourth-order valence-electron chi connectivity index (χ4n) is 4.59. The predicted molar refractivity (Wildman–Crippen MR) is 125 cm³/mol. The van der Waals surface area contributed by atoms with Crippen molar-refractivity contribution in [3.63, 3.8) is 0 Å². The SMILES string of the molecule is O=C1O[C@@H]2C[C@@]1(O)C(Cc1cc3ccccc3s1)=C(OCc1cc3ccccc3s1)[C@H]2O. The summed E-state index contributed by atoms with van der Waals surface area (Å²) in [6.45, 7) is 0.249. The highest BCUT2D eigenvalue weighted by atomic mass is 32.1. The zero-order valence-electron chi connectivity index (χ0n) is 17.0. The van der Waals surface area contributed by atoms with Crippen LogP contribution in [0.15, 0.2) is 72.0 Å². The Morgan fingerprint density at radius 1 is 1.00 bits per heavy atom. The molecule has 162 valence electrons. The molecule has 1 fully saturated rings. The zero-order valence-corrected chi connectivity index (χ0v) is 18.6. The van der Waals surface area contributed by atoms with Gasteiger partial charge >= 0.3 is 5.97 Å². The van der Waals surface area contributed by atoms with Crippen molar-refractivity contribution in [1.29, 1.82) is 0 Å². The minimum atomic E-state index is -1.77. The number of aliphatic hydroxyl groups excluding tert-OH is 1. The van der Waals surface area contributed by atoms with E-state index in [1.165, 1.54) is 0 Å². The van der Waals surface area contributed by atoms with Crippen LogP contribution < -0.4 is 0 Å². The van der Waals surface area contributed by atoms with E-state index in [-0.39, 0.29) is 18.8 Å². The summed E-state index contributed by atoms with van der Waals surface area (Å²) >= 11 is 3.23. The zero-order chi connectivity index (χ0) is 21.9. The van der Waals surface area contributed by atoms with Gasteiger partial charge in [0.1, 0.15) is 24.6 Å². The molecule has 2 aromatic carbocycles. The van der Waals surface area contributed by atoms with E-state index in [4.69, 9.17) is 9.47 Å². The average Bonchev–Trinajstić information content (AvgIpc) is 3.46. The fraction of sp³-hybridized carbons (Fsp3) is 0.240. The second kappa shape index (κ2) is 7.42. The molecular formula is C25H20O5S2. The van der Waals surface area contributed by atoms with E-state index in [0.29, 0.717) is 12.0 Å². The summed E-state index contributed by atoms with van der Waals surface area (Å²) in [6.07, 6.45) is -1.53. The van der Waals surface area contributed by atoms with E-state index < -0.39 is 23.8 Å². The molecule has 6 rings (SSSR count). The first-order valence-electron chi connectivity index (χ1n) is 10.4. The molecule has 32 heavy (non-hydrogen) atoms. The summed E-state index contributed by atoms with van der Waals surface area (Å²) in [5.41, 5.74) is -1.37. The summed E-state index contributed by atoms with van der Waals surface area (Å²) in [7, 11) is 0. The maximum atomic E-state index is 12.6. The first-order valence-corrected chi connectivity index (χ1v) is 12.1. The van der Waals surface area contributed by atoms with E-state index >= 15 is 0 Å². The standard InChI is InChI=1S/C25H20O5S2/c26-22-19-12-25(28,24(27)30-19)18(11-16-9-14-5-1-3-7-20(14)31-16)23(22)29-13-17-10-15-6-2-4-8-21(15)32-17/h1-10,19,22,26,28H,11-13H2/t19-,22+,25-/m1/s1. The smallest absolute Gasteiger partial charge is 0.343 e. The Labute approximate surface area is 192 Å². The molecule has 1 aliphatic heterocycles. The van der Waals surface area contributed by atoms with E-state index in [0.717, 1.165) is 29.9 Å². The monoisotopic (exact) mass is 464 g/mol. The fourth-order valence-corrected chi connectivity index (χ4v) is 6.64. The summed E-state index contributed by atoms with van der Waals surface area (Å²) in [6, 6.07) is 20.3. The number of carbonyl (C=O) groups excluding carboxylic acids is 1. The number of esters is 1. The summed E-state index contributed by atoms with van der Waals surface area (Å²) in [5, 5.41) is 24.4. The highest BCUT2D eigenvalue weighted by Crippen LogP contribution is 2.45. The minimum absolute atomic E-state index is 0.0446. The number of fused-ring (bicyclic) bond motifs is 4. The van der Waals surface area contributed by atoms with E-state index in [2.05, 4.69) is 18.2 Å². The summed E-state index contributed by atoms with van der Waals surface area (Å²) in [5.74, 6) is -0.456. The van der Waals surface area contributed by atoms with Crippen LogP contribution in [0.5, 0.6) is 0 Å². The maximum Gasteiger partial charge on any atom is 0.343 e. The van der Waals surface area contributed by atoms with Gasteiger partial charge in [0.05, 0.1) is 0 Å². The van der Waals surface area contributed by atoms with E-state index in [1.54, 1.807) is 22.7 Å². The Hall–Kier alpha value is -2.71. The van der Waals surface area contributed by atoms with Crippen LogP contribution in [0.4, 0.5) is 0 Å². The number of benzene rings is 2. The molecule has 1 saturated heterocycles. The van der Waals surface area contributed by atoms with Crippen molar-refractivity contribution < 1.29 is 24.5 Å². The van der Waals surface area contributed by atoms with Gasteiger partial charge in [0, 0.05) is 37.6 Å². The Balaban J connectivity index is 1.37. The molecule has 4 aromatic rings. The van der Waals surface area contributed by atoms with Crippen molar-refractivity contribution in [1.82, 2.24) is 0 Å². The lowest BCUT2D eigenvalue weighted by atomic mass is 9.80. The van der Waals surface area contributed by atoms with Crippen molar-refractivity contribution in [2.75, 3.05) is 0 Å². The Kier molecular flexibility index (Phi) is 4.62. The molecule has 0 saturated carbocycles. The second-order valence-electron chi connectivity index (χ2n) is 8.26. The van der Waals surface area contributed by atoms with Gasteiger partial charge in [-0.3, -0.25) is 0 Å². The number of carbonyl (C=O) groups is 1. The van der Waals surface area contributed by atoms with Crippen LogP contribution in [-0.2, 0) is 27.3 Å². The molecular weight excluding hydrogens is 444 g/mol. The van der Waals surface area contributed by atoms with E-state index in [1.807, 2.05) is 42.5 Å². The third-order valence-electron chi connectivity index (χ3n) is 6.18. The lowest BCUT2D eigenvalue weighted by Crippen LogP contribution is -2.44. The molecule has 0 amide bonds. The molecule has 2 aromatic heterocycles. The van der Waals surface area contributed by atoms with Gasteiger partial charge in [0.2, 0.25) is 0 Å². The number of hydrogen-bond acceptors (Lipinski definition) is 7. The molecule has 0 radical (unpaired) electrons. The lowest BCUT2D eigenvalue weighted by molar-refractivity contribution is -0.153. The van der Waals surface area contributed by atoms with Crippen LogP contribution in [0.25, 0.3) is 20.2 Å². The third kappa shape index (κ3) is 3.16. The van der Waals surface area contributed by atoms with Gasteiger partial charge in [-0.1, -0.05) is 36.4 Å². The molecule has 2 N–H and O–H groups in total. The predicted octanol–water partition coefficient (Wildman–Crippen LogP) is 4.55. The molecule has 2 aliphatic rings. The Morgan fingerprint density at radius 3 is 2.31 bits per heavy atom. The molecule has 1 aliphatic carbocycles. The topological polar surface area (TPSA) is 76.0 Å². The minimum Gasteiger partial charge on any atom is -0.489 e. The van der Waals surface area contributed by atoms with Gasteiger partial charge in [-0.15, -0.1) is 22.7 Å². The van der Waals surface area contributed by atoms with Crippen LogP contribution in [0.2, 0.25) is 0 Å². The Morgan fingerprint density at radius 2 is 1.62 bits per heavy atom. The third-order valence-corrected chi connectivity index (χ3v) is 8.39. The summed E-state index contributed by atoms with van der Waals surface area (Å²) < 4.78 is 13.7. The van der Waals surface area contributed by atoms with Gasteiger partial charge in [0.15, 0.2) is 5.60 Å². The number of rotatable bonds is 5. The van der Waals surface area contributed by atoms with Crippen LogP contribution in [0, 0.1) is 0 Å². The molecule has 5 nitrogen and oxygen atoms in total. The first kappa shape index (κ1) is 19.9. The van der Waals surface area contributed by atoms with Crippen molar-refractivity contribution >= 4 is 48.8 Å². The number of ether oxygens (including phenoxy) is 2. The van der Waals surface area contributed by atoms with Crippen LogP contribution >= 0.6 is 22.7 Å². The molecule has 0 unspecified atom stereocenters. The van der Waals surface area contributed by atoms with Crippen LogP contribution in [0.3, 0.4) is 0 Å². The molecule has 0 spiro atoms. The molecule has 3 atom stereocenters. The highest BCUT2D eigenvalue weighted by Gasteiger charge is 2.58. The van der Waals surface area contributed by atoms with Crippen molar-refractivity contribution in [3.05, 3.63) is 81.8 Å². The van der Waals surface area contributed by atoms with Crippen molar-refractivity contribution in [3.8, 4) is 0 Å². The van der Waals surface area contributed by atoms with Gasteiger partial charge < -0.3 is 19.7 Å². The normalized spacial score (nSPS) is 25.0. The summed E-state index contributed by atoms with van der Waals surface area (Å²) in [4.78, 5) is 14.6. The van der Waals surface area contributed by atoms with Gasteiger partial charge in [-0.25, -0.2) is 4.79 Å². The first-order chi connectivity index (χ1) is 15.5. The van der Waals surface area contributed by atoms with Gasteiger partial charge in [0.25, 0.3) is 0 Å². The van der Waals surface area contributed by atoms with Gasteiger partial charge in [-0.05, 0) is 35.0 Å². The second-order valence-corrected chi connectivity index (χ2v) is 10.6. The number of hydrogen-bond donors (Lipinski definition) is 2. The van der Waals surface area contributed by atoms with Crippen LogP contribution in [-0.4, -0.2) is 34.0 Å². The van der Waals surface area contributed by atoms with Gasteiger partial charge in [-0.2, -0.15) is 0 Å². The van der Waals surface area contributed by atoms with Crippen molar-refractivity contribution in [2.24, 2.45) is 0 Å².